The number of hydrogen-bond acceptors (Lipinski definition) is 2. The summed E-state index contributed by atoms with van der Waals surface area (Å²) < 4.78 is 40.2. The van der Waals surface area contributed by atoms with Gasteiger partial charge in [0.15, 0.2) is 0 Å². The third kappa shape index (κ3) is 3.28. The van der Waals surface area contributed by atoms with Crippen LogP contribution in [0.4, 0.5) is 18.9 Å². The zero-order chi connectivity index (χ0) is 14.0. The molecule has 0 bridgehead atoms. The highest BCUT2D eigenvalue weighted by atomic mass is 79.9. The molecule has 0 saturated heterocycles. The molecule has 7 heteroatoms. The summed E-state index contributed by atoms with van der Waals surface area (Å²) in [6.07, 6.45) is -0.934. The Bertz CT molecular complexity index is 578. The van der Waals surface area contributed by atoms with Gasteiger partial charge in [0.1, 0.15) is 5.82 Å². The number of benzene rings is 1. The predicted molar refractivity (Wildman–Crippen MR) is 69.7 cm³/mol. The van der Waals surface area contributed by atoms with Crippen molar-refractivity contribution in [3.8, 4) is 0 Å². The Balaban J connectivity index is 2.18. The number of nitrogens with one attached hydrogen (secondary N) is 1. The second-order valence-corrected chi connectivity index (χ2v) is 4.85. The molecule has 2 rings (SSSR count). The molecular weight excluding hydrogens is 323 g/mol. The van der Waals surface area contributed by atoms with Gasteiger partial charge in [-0.05, 0) is 34.1 Å². The number of imidazole rings is 1. The van der Waals surface area contributed by atoms with Crippen molar-refractivity contribution in [2.75, 3.05) is 5.32 Å². The van der Waals surface area contributed by atoms with E-state index < -0.39 is 11.7 Å². The zero-order valence-electron chi connectivity index (χ0n) is 10.0. The first-order valence-electron chi connectivity index (χ1n) is 5.45. The first-order valence-corrected chi connectivity index (χ1v) is 6.24. The average molecular weight is 334 g/mol. The summed E-state index contributed by atoms with van der Waals surface area (Å²) in [6, 6.07) is 3.49. The van der Waals surface area contributed by atoms with Crippen LogP contribution >= 0.6 is 15.9 Å². The van der Waals surface area contributed by atoms with Crippen LogP contribution in [0, 0.1) is 0 Å². The molecule has 0 aliphatic carbocycles. The number of halogens is 4. The van der Waals surface area contributed by atoms with Crippen molar-refractivity contribution in [2.45, 2.75) is 12.7 Å². The maximum Gasteiger partial charge on any atom is 0.416 e. The van der Waals surface area contributed by atoms with E-state index in [9.17, 15) is 13.2 Å². The van der Waals surface area contributed by atoms with E-state index in [4.69, 9.17) is 0 Å². The van der Waals surface area contributed by atoms with Crippen molar-refractivity contribution in [3.63, 3.8) is 0 Å². The third-order valence-electron chi connectivity index (χ3n) is 2.65. The molecule has 1 N–H and O–H groups in total. The number of hydrogen-bond donors (Lipinski definition) is 1. The van der Waals surface area contributed by atoms with Crippen LogP contribution in [0.25, 0.3) is 0 Å². The van der Waals surface area contributed by atoms with Crippen LogP contribution < -0.4 is 5.32 Å². The average Bonchev–Trinajstić information content (AvgIpc) is 2.72. The number of rotatable bonds is 3. The van der Waals surface area contributed by atoms with E-state index in [-0.39, 0.29) is 0 Å². The van der Waals surface area contributed by atoms with Gasteiger partial charge in [0.25, 0.3) is 0 Å². The standard InChI is InChI=1S/C12H11BrF3N3/c1-19-5-4-17-11(19)7-18-10-6-8(12(14,15)16)2-3-9(10)13/h2-6,18H,7H2,1H3. The molecule has 0 spiro atoms. The Morgan fingerprint density at radius 2 is 2.11 bits per heavy atom. The Labute approximate surface area is 116 Å². The molecule has 1 heterocycles. The summed E-state index contributed by atoms with van der Waals surface area (Å²) in [5.41, 5.74) is -0.295. The maximum absolute atomic E-state index is 12.6. The lowest BCUT2D eigenvalue weighted by atomic mass is 10.2. The van der Waals surface area contributed by atoms with E-state index in [1.54, 1.807) is 17.0 Å². The molecule has 0 fully saturated rings. The Hall–Kier alpha value is -1.50. The molecule has 0 unspecified atom stereocenters. The minimum atomic E-state index is -4.35. The Morgan fingerprint density at radius 1 is 1.37 bits per heavy atom. The fourth-order valence-electron chi connectivity index (χ4n) is 1.58. The molecule has 1 aromatic heterocycles. The summed E-state index contributed by atoms with van der Waals surface area (Å²) in [5, 5.41) is 2.94. The van der Waals surface area contributed by atoms with Crippen LogP contribution in [0.15, 0.2) is 35.1 Å². The summed E-state index contributed by atoms with van der Waals surface area (Å²) >= 11 is 3.22. The van der Waals surface area contributed by atoms with Crippen molar-refractivity contribution < 1.29 is 13.2 Å². The predicted octanol–water partition coefficient (Wildman–Crippen LogP) is 3.81. The van der Waals surface area contributed by atoms with Crippen LogP contribution in [0.1, 0.15) is 11.4 Å². The normalized spacial score (nSPS) is 11.6. The summed E-state index contributed by atoms with van der Waals surface area (Å²) in [7, 11) is 1.82. The lowest BCUT2D eigenvalue weighted by molar-refractivity contribution is -0.137. The van der Waals surface area contributed by atoms with Gasteiger partial charge in [-0.25, -0.2) is 4.98 Å². The van der Waals surface area contributed by atoms with E-state index in [0.717, 1.165) is 18.0 Å². The molecule has 0 radical (unpaired) electrons. The lowest BCUT2D eigenvalue weighted by Gasteiger charge is -2.12. The molecule has 19 heavy (non-hydrogen) atoms. The fraction of sp³-hybridized carbons (Fsp3) is 0.250. The van der Waals surface area contributed by atoms with E-state index >= 15 is 0 Å². The second kappa shape index (κ2) is 5.24. The first-order chi connectivity index (χ1) is 8.88. The van der Waals surface area contributed by atoms with E-state index in [1.165, 1.54) is 6.07 Å². The molecule has 0 amide bonds. The molecule has 102 valence electrons. The van der Waals surface area contributed by atoms with Gasteiger partial charge in [-0.15, -0.1) is 0 Å². The highest BCUT2D eigenvalue weighted by Crippen LogP contribution is 2.34. The summed E-state index contributed by atoms with van der Waals surface area (Å²) in [4.78, 5) is 4.09. The molecule has 3 nitrogen and oxygen atoms in total. The van der Waals surface area contributed by atoms with Gasteiger partial charge >= 0.3 is 6.18 Å². The van der Waals surface area contributed by atoms with Crippen LogP contribution in [-0.2, 0) is 19.8 Å². The highest BCUT2D eigenvalue weighted by Gasteiger charge is 2.30. The Morgan fingerprint density at radius 3 is 2.68 bits per heavy atom. The summed E-state index contributed by atoms with van der Waals surface area (Å²) in [6.45, 7) is 0.351. The highest BCUT2D eigenvalue weighted by molar-refractivity contribution is 9.10. The van der Waals surface area contributed by atoms with Crippen molar-refractivity contribution in [2.24, 2.45) is 7.05 Å². The topological polar surface area (TPSA) is 29.9 Å². The van der Waals surface area contributed by atoms with Crippen molar-refractivity contribution in [3.05, 3.63) is 46.5 Å². The van der Waals surface area contributed by atoms with Crippen LogP contribution in [0.2, 0.25) is 0 Å². The van der Waals surface area contributed by atoms with Gasteiger partial charge in [-0.2, -0.15) is 13.2 Å². The summed E-state index contributed by atoms with van der Waals surface area (Å²) in [5.74, 6) is 0.740. The smallest absolute Gasteiger partial charge is 0.377 e. The molecule has 0 aliphatic heterocycles. The SMILES string of the molecule is Cn1ccnc1CNc1cc(C(F)(F)F)ccc1Br. The van der Waals surface area contributed by atoms with Gasteiger partial charge in [0.05, 0.1) is 12.1 Å². The quantitative estimate of drug-likeness (QED) is 0.925. The maximum atomic E-state index is 12.6. The second-order valence-electron chi connectivity index (χ2n) is 4.00. The first kappa shape index (κ1) is 13.9. The molecule has 0 atom stereocenters. The molecule has 0 aliphatic rings. The fourth-order valence-corrected chi connectivity index (χ4v) is 1.96. The largest absolute Gasteiger partial charge is 0.416 e. The number of nitrogens with zero attached hydrogens (tertiary/aromatic N) is 2. The van der Waals surface area contributed by atoms with E-state index in [0.29, 0.717) is 16.7 Å². The third-order valence-corrected chi connectivity index (χ3v) is 3.34. The van der Waals surface area contributed by atoms with E-state index in [1.807, 2.05) is 7.05 Å². The van der Waals surface area contributed by atoms with Crippen molar-refractivity contribution >= 4 is 21.6 Å². The Kier molecular flexibility index (Phi) is 3.84. The minimum Gasteiger partial charge on any atom is -0.377 e. The van der Waals surface area contributed by atoms with Crippen molar-refractivity contribution in [1.82, 2.24) is 9.55 Å². The monoisotopic (exact) mass is 333 g/mol. The molecule has 0 saturated carbocycles. The van der Waals surface area contributed by atoms with Gasteiger partial charge in [0.2, 0.25) is 0 Å². The number of anilines is 1. The molecular formula is C12H11BrF3N3. The van der Waals surface area contributed by atoms with Gasteiger partial charge in [0, 0.05) is 29.6 Å². The lowest BCUT2D eigenvalue weighted by Crippen LogP contribution is -2.09. The van der Waals surface area contributed by atoms with Crippen LogP contribution in [0.5, 0.6) is 0 Å². The number of alkyl halides is 3. The zero-order valence-corrected chi connectivity index (χ0v) is 11.6. The molecule has 1 aromatic carbocycles. The minimum absolute atomic E-state index is 0.351. The van der Waals surface area contributed by atoms with Crippen LogP contribution in [0.3, 0.4) is 0 Å². The van der Waals surface area contributed by atoms with Gasteiger partial charge in [-0.3, -0.25) is 0 Å². The van der Waals surface area contributed by atoms with E-state index in [2.05, 4.69) is 26.2 Å². The number of aromatic nitrogens is 2. The molecule has 2 aromatic rings. The van der Waals surface area contributed by atoms with Crippen molar-refractivity contribution in [1.29, 1.82) is 0 Å². The van der Waals surface area contributed by atoms with Gasteiger partial charge < -0.3 is 9.88 Å². The number of aryl methyl sites for hydroxylation is 1. The van der Waals surface area contributed by atoms with Crippen LogP contribution in [-0.4, -0.2) is 9.55 Å². The van der Waals surface area contributed by atoms with Gasteiger partial charge in [-0.1, -0.05) is 0 Å².